The van der Waals surface area contributed by atoms with E-state index < -0.39 is 0 Å². The van der Waals surface area contributed by atoms with Crippen molar-refractivity contribution in [1.82, 2.24) is 4.98 Å². The molecule has 1 saturated carbocycles. The maximum Gasteiger partial charge on any atom is 0.129 e. The largest absolute Gasteiger partial charge is 0.370 e. The van der Waals surface area contributed by atoms with E-state index in [9.17, 15) is 0 Å². The van der Waals surface area contributed by atoms with E-state index in [1.807, 2.05) is 0 Å². The lowest BCUT2D eigenvalue weighted by Crippen LogP contribution is -2.13. The van der Waals surface area contributed by atoms with Crippen LogP contribution in [0.15, 0.2) is 28.7 Å². The van der Waals surface area contributed by atoms with Crippen LogP contribution in [0.1, 0.15) is 37.7 Å². The van der Waals surface area contributed by atoms with Crippen LogP contribution in [-0.2, 0) is 6.42 Å². The molecule has 2 aliphatic rings. The van der Waals surface area contributed by atoms with Crippen molar-refractivity contribution in [2.45, 2.75) is 38.5 Å². The molecule has 4 rings (SSSR count). The molecule has 1 fully saturated rings. The first-order chi connectivity index (χ1) is 9.33. The third-order valence-corrected chi connectivity index (χ3v) is 4.27. The Bertz CT molecular complexity index is 572. The van der Waals surface area contributed by atoms with E-state index in [-0.39, 0.29) is 0 Å². The van der Waals surface area contributed by atoms with Crippen molar-refractivity contribution in [2.24, 2.45) is 0 Å². The number of nitrogens with one attached hydrogen (secondary N) is 1. The van der Waals surface area contributed by atoms with E-state index in [4.69, 9.17) is 0 Å². The number of halogens is 1. The fraction of sp³-hybridized carbons (Fsp3) is 0.438. The minimum absolute atomic E-state index is 1.04. The van der Waals surface area contributed by atoms with Gasteiger partial charge in [-0.15, -0.1) is 0 Å². The number of anilines is 1. The molecular weight excluding hydrogens is 300 g/mol. The first-order valence-electron chi connectivity index (χ1n) is 7.16. The van der Waals surface area contributed by atoms with Crippen LogP contribution in [0.25, 0.3) is 10.9 Å². The molecule has 0 radical (unpaired) electrons. The summed E-state index contributed by atoms with van der Waals surface area (Å²) in [5.41, 5.74) is 2.40. The molecule has 3 heteroatoms. The number of aryl methyl sites for hydroxylation is 1. The Balaban J connectivity index is 0.000000237. The third kappa shape index (κ3) is 3.08. The van der Waals surface area contributed by atoms with Crippen molar-refractivity contribution in [3.05, 3.63) is 34.3 Å². The van der Waals surface area contributed by atoms with Gasteiger partial charge in [0.2, 0.25) is 0 Å². The van der Waals surface area contributed by atoms with Crippen LogP contribution >= 0.6 is 15.9 Å². The molecule has 1 aliphatic carbocycles. The van der Waals surface area contributed by atoms with Crippen molar-refractivity contribution in [3.8, 4) is 0 Å². The number of rotatable bonds is 0. The van der Waals surface area contributed by atoms with Crippen LogP contribution in [0.4, 0.5) is 5.82 Å². The molecule has 2 aromatic rings. The zero-order chi connectivity index (χ0) is 13.1. The maximum atomic E-state index is 4.64. The average Bonchev–Trinajstić information content (AvgIpc) is 2.34. The number of benzene rings is 1. The van der Waals surface area contributed by atoms with Crippen LogP contribution in [0.5, 0.6) is 0 Å². The van der Waals surface area contributed by atoms with E-state index >= 15 is 0 Å². The molecular formula is C16H19BrN2. The number of pyridine rings is 1. The second-order valence-electron chi connectivity index (χ2n) is 5.28. The Morgan fingerprint density at radius 1 is 1.00 bits per heavy atom. The lowest BCUT2D eigenvalue weighted by Gasteiger charge is -2.17. The van der Waals surface area contributed by atoms with Crippen molar-refractivity contribution in [3.63, 3.8) is 0 Å². The molecule has 2 nitrogen and oxygen atoms in total. The van der Waals surface area contributed by atoms with Gasteiger partial charge in [-0.2, -0.15) is 0 Å². The smallest absolute Gasteiger partial charge is 0.129 e. The Morgan fingerprint density at radius 3 is 2.53 bits per heavy atom. The van der Waals surface area contributed by atoms with Gasteiger partial charge >= 0.3 is 0 Å². The number of aromatic nitrogens is 1. The molecule has 19 heavy (non-hydrogen) atoms. The highest BCUT2D eigenvalue weighted by molar-refractivity contribution is 9.10. The molecule has 100 valence electrons. The molecule has 1 aliphatic heterocycles. The topological polar surface area (TPSA) is 24.9 Å². The van der Waals surface area contributed by atoms with Gasteiger partial charge < -0.3 is 5.32 Å². The van der Waals surface area contributed by atoms with Crippen LogP contribution in [0, 0.1) is 0 Å². The summed E-state index contributed by atoms with van der Waals surface area (Å²) in [5, 5.41) is 4.57. The summed E-state index contributed by atoms with van der Waals surface area (Å²) in [6.07, 6.45) is 8.35. The second-order valence-corrected chi connectivity index (χ2v) is 6.19. The summed E-state index contributed by atoms with van der Waals surface area (Å²) >= 11 is 3.47. The van der Waals surface area contributed by atoms with Crippen LogP contribution in [0.2, 0.25) is 0 Å². The number of hydrogen-bond acceptors (Lipinski definition) is 2. The highest BCUT2D eigenvalue weighted by Gasteiger charge is 2.10. The normalized spacial score (nSPS) is 16.7. The monoisotopic (exact) mass is 318 g/mol. The standard InChI is InChI=1S/C12H11BrN2.C4H8/c13-10-4-3-8-6-9-2-1-5-14-12(9)15-11(8)7-10;1-2-4-3-1/h3-4,6-7H,1-2,5H2,(H,14,15);1-4H2. The SMILES string of the molecule is Brc1ccc2cc3c(nc2c1)NCCC3.C1CCC1. The first kappa shape index (κ1) is 12.9. The van der Waals surface area contributed by atoms with E-state index in [1.165, 1.54) is 43.1 Å². The van der Waals surface area contributed by atoms with Gasteiger partial charge in [0.05, 0.1) is 5.52 Å². The summed E-state index contributed by atoms with van der Waals surface area (Å²) in [6.45, 7) is 1.04. The van der Waals surface area contributed by atoms with Gasteiger partial charge in [0.1, 0.15) is 5.82 Å². The predicted octanol–water partition coefficient (Wildman–Crippen LogP) is 4.92. The van der Waals surface area contributed by atoms with E-state index in [0.717, 1.165) is 28.8 Å². The van der Waals surface area contributed by atoms with Crippen molar-refractivity contribution in [2.75, 3.05) is 11.9 Å². The molecule has 2 heterocycles. The second kappa shape index (κ2) is 5.91. The summed E-state index contributed by atoms with van der Waals surface area (Å²) in [5.74, 6) is 1.06. The molecule has 1 N–H and O–H groups in total. The summed E-state index contributed by atoms with van der Waals surface area (Å²) < 4.78 is 1.08. The van der Waals surface area contributed by atoms with Gasteiger partial charge in [0.25, 0.3) is 0 Å². The summed E-state index contributed by atoms with van der Waals surface area (Å²) in [7, 11) is 0. The van der Waals surface area contributed by atoms with Crippen molar-refractivity contribution >= 4 is 32.7 Å². The molecule has 1 aromatic heterocycles. The minimum atomic E-state index is 1.04. The average molecular weight is 319 g/mol. The van der Waals surface area contributed by atoms with Gasteiger partial charge in [0, 0.05) is 16.4 Å². The van der Waals surface area contributed by atoms with Crippen molar-refractivity contribution in [1.29, 1.82) is 0 Å². The quantitative estimate of drug-likeness (QED) is 0.746. The number of nitrogens with zero attached hydrogens (tertiary/aromatic N) is 1. The summed E-state index contributed by atoms with van der Waals surface area (Å²) in [4.78, 5) is 4.64. The molecule has 0 saturated heterocycles. The van der Waals surface area contributed by atoms with Gasteiger partial charge in [-0.1, -0.05) is 47.7 Å². The first-order valence-corrected chi connectivity index (χ1v) is 7.95. The zero-order valence-electron chi connectivity index (χ0n) is 11.1. The third-order valence-electron chi connectivity index (χ3n) is 3.77. The van der Waals surface area contributed by atoms with E-state index in [0.29, 0.717) is 0 Å². The molecule has 0 unspecified atom stereocenters. The number of fused-ring (bicyclic) bond motifs is 2. The van der Waals surface area contributed by atoms with Gasteiger partial charge in [-0.3, -0.25) is 0 Å². The lowest BCUT2D eigenvalue weighted by molar-refractivity contribution is 0.504. The molecule has 1 aromatic carbocycles. The molecule has 0 spiro atoms. The Hall–Kier alpha value is -1.09. The van der Waals surface area contributed by atoms with Gasteiger partial charge in [-0.05, 0) is 36.6 Å². The van der Waals surface area contributed by atoms with Crippen LogP contribution < -0.4 is 5.32 Å². The van der Waals surface area contributed by atoms with Gasteiger partial charge in [-0.25, -0.2) is 4.98 Å². The maximum absolute atomic E-state index is 4.64. The molecule has 0 amide bonds. The Labute approximate surface area is 122 Å². The summed E-state index contributed by atoms with van der Waals surface area (Å²) in [6, 6.07) is 8.48. The van der Waals surface area contributed by atoms with Crippen LogP contribution in [-0.4, -0.2) is 11.5 Å². The highest BCUT2D eigenvalue weighted by Crippen LogP contribution is 2.26. The number of hydrogen-bond donors (Lipinski definition) is 1. The Morgan fingerprint density at radius 2 is 1.79 bits per heavy atom. The minimum Gasteiger partial charge on any atom is -0.370 e. The van der Waals surface area contributed by atoms with E-state index in [1.54, 1.807) is 0 Å². The molecule has 0 atom stereocenters. The van der Waals surface area contributed by atoms with E-state index in [2.05, 4.69) is 50.5 Å². The molecule has 0 bridgehead atoms. The van der Waals surface area contributed by atoms with Crippen LogP contribution in [0.3, 0.4) is 0 Å². The predicted molar refractivity (Wildman–Crippen MR) is 84.7 cm³/mol. The van der Waals surface area contributed by atoms with Gasteiger partial charge in [0.15, 0.2) is 0 Å². The Kier molecular flexibility index (Phi) is 4.02. The fourth-order valence-electron chi connectivity index (χ4n) is 2.26. The lowest BCUT2D eigenvalue weighted by atomic mass is 10.0. The fourth-order valence-corrected chi connectivity index (χ4v) is 2.61. The zero-order valence-corrected chi connectivity index (χ0v) is 12.7. The highest BCUT2D eigenvalue weighted by atomic mass is 79.9. The van der Waals surface area contributed by atoms with Crippen molar-refractivity contribution < 1.29 is 0 Å².